The summed E-state index contributed by atoms with van der Waals surface area (Å²) in [7, 11) is 0. The quantitative estimate of drug-likeness (QED) is 0.673. The van der Waals surface area contributed by atoms with Gasteiger partial charge in [0.05, 0.1) is 0 Å². The molecule has 1 heterocycles. The maximum atomic E-state index is 11.2. The Labute approximate surface area is 82.6 Å². The summed E-state index contributed by atoms with van der Waals surface area (Å²) < 4.78 is 0. The molecule has 0 bridgehead atoms. The van der Waals surface area contributed by atoms with E-state index >= 15 is 0 Å². The van der Waals surface area contributed by atoms with Gasteiger partial charge in [-0.15, -0.1) is 0 Å². The molecule has 1 aromatic heterocycles. The minimum absolute atomic E-state index is 0.324. The lowest BCUT2D eigenvalue weighted by atomic mass is 10.3. The Morgan fingerprint density at radius 2 is 1.86 bits per heavy atom. The number of aryl methyl sites for hydroxylation is 1. The first kappa shape index (κ1) is 10.4. The lowest BCUT2D eigenvalue weighted by molar-refractivity contribution is -0.124. The second-order valence-electron chi connectivity index (χ2n) is 3.06. The molecule has 0 radical (unpaired) electrons. The zero-order valence-electron chi connectivity index (χ0n) is 8.44. The van der Waals surface area contributed by atoms with E-state index in [0.717, 1.165) is 10.5 Å². The van der Waals surface area contributed by atoms with Crippen LogP contribution in [0.3, 0.4) is 0 Å². The van der Waals surface area contributed by atoms with Crippen molar-refractivity contribution in [3.8, 4) is 0 Å². The van der Waals surface area contributed by atoms with E-state index in [1.807, 2.05) is 13.0 Å². The minimum atomic E-state index is -0.324. The van der Waals surface area contributed by atoms with E-state index in [2.05, 4.69) is 4.98 Å². The maximum Gasteiger partial charge on any atom is 0.231 e. The second-order valence-corrected chi connectivity index (χ2v) is 3.06. The summed E-state index contributed by atoms with van der Waals surface area (Å²) in [5.41, 5.74) is 0.961. The Hall–Kier alpha value is -1.71. The van der Waals surface area contributed by atoms with Crippen molar-refractivity contribution in [2.75, 3.05) is 4.90 Å². The van der Waals surface area contributed by atoms with Crippen LogP contribution in [-0.4, -0.2) is 16.8 Å². The Morgan fingerprint density at radius 3 is 2.29 bits per heavy atom. The first-order valence-electron chi connectivity index (χ1n) is 4.26. The van der Waals surface area contributed by atoms with Crippen molar-refractivity contribution in [1.29, 1.82) is 0 Å². The van der Waals surface area contributed by atoms with Crippen molar-refractivity contribution in [1.82, 2.24) is 4.98 Å². The molecule has 0 atom stereocenters. The smallest absolute Gasteiger partial charge is 0.231 e. The van der Waals surface area contributed by atoms with Gasteiger partial charge >= 0.3 is 0 Å². The molecule has 0 aliphatic rings. The zero-order chi connectivity index (χ0) is 10.7. The molecule has 1 aromatic rings. The van der Waals surface area contributed by atoms with Gasteiger partial charge in [-0.3, -0.25) is 9.59 Å². The molecular formula is C10H12N2O2. The molecule has 0 aliphatic heterocycles. The van der Waals surface area contributed by atoms with E-state index in [-0.39, 0.29) is 11.8 Å². The van der Waals surface area contributed by atoms with Crippen molar-refractivity contribution in [3.63, 3.8) is 0 Å². The van der Waals surface area contributed by atoms with Crippen LogP contribution >= 0.6 is 0 Å². The maximum absolute atomic E-state index is 11.2. The molecule has 74 valence electrons. The van der Waals surface area contributed by atoms with Crippen LogP contribution in [0.25, 0.3) is 0 Å². The number of imide groups is 1. The lowest BCUT2D eigenvalue weighted by Gasteiger charge is -2.15. The molecular weight excluding hydrogens is 180 g/mol. The summed E-state index contributed by atoms with van der Waals surface area (Å²) in [4.78, 5) is 27.3. The van der Waals surface area contributed by atoms with Gasteiger partial charge in [0, 0.05) is 20.0 Å². The van der Waals surface area contributed by atoms with Crippen LogP contribution in [0.4, 0.5) is 5.82 Å². The molecule has 4 nitrogen and oxygen atoms in total. The molecule has 1 rings (SSSR count). The molecule has 4 heteroatoms. The van der Waals surface area contributed by atoms with Crippen molar-refractivity contribution < 1.29 is 9.59 Å². The summed E-state index contributed by atoms with van der Waals surface area (Å²) in [6, 6.07) is 3.50. The molecule has 0 saturated heterocycles. The van der Waals surface area contributed by atoms with Crippen molar-refractivity contribution in [2.45, 2.75) is 20.8 Å². The van der Waals surface area contributed by atoms with Gasteiger partial charge in [0.25, 0.3) is 0 Å². The van der Waals surface area contributed by atoms with E-state index in [1.54, 1.807) is 12.3 Å². The number of hydrogen-bond donors (Lipinski definition) is 0. The minimum Gasteiger partial charge on any atom is -0.274 e. The van der Waals surface area contributed by atoms with E-state index in [9.17, 15) is 9.59 Å². The highest BCUT2D eigenvalue weighted by Gasteiger charge is 2.16. The molecule has 0 spiro atoms. The largest absolute Gasteiger partial charge is 0.274 e. The van der Waals surface area contributed by atoms with Crippen molar-refractivity contribution >= 4 is 17.6 Å². The van der Waals surface area contributed by atoms with Crippen LogP contribution < -0.4 is 4.90 Å². The highest BCUT2D eigenvalue weighted by Crippen LogP contribution is 2.12. The highest BCUT2D eigenvalue weighted by molar-refractivity contribution is 6.12. The number of carbonyl (C=O) groups excluding carboxylic acids is 2. The average molecular weight is 192 g/mol. The Morgan fingerprint density at radius 1 is 1.29 bits per heavy atom. The van der Waals surface area contributed by atoms with Gasteiger partial charge in [0.1, 0.15) is 5.82 Å². The van der Waals surface area contributed by atoms with Gasteiger partial charge in [0.2, 0.25) is 11.8 Å². The number of carbonyl (C=O) groups is 2. The van der Waals surface area contributed by atoms with Gasteiger partial charge in [-0.05, 0) is 24.6 Å². The van der Waals surface area contributed by atoms with E-state index in [0.29, 0.717) is 5.82 Å². The van der Waals surface area contributed by atoms with Crippen molar-refractivity contribution in [3.05, 3.63) is 23.9 Å². The molecule has 0 saturated carbocycles. The fourth-order valence-electron chi connectivity index (χ4n) is 1.19. The molecule has 14 heavy (non-hydrogen) atoms. The number of amides is 2. The van der Waals surface area contributed by atoms with E-state index < -0.39 is 0 Å². The highest BCUT2D eigenvalue weighted by atomic mass is 16.2. The number of rotatable bonds is 1. The van der Waals surface area contributed by atoms with Gasteiger partial charge in [-0.25, -0.2) is 9.88 Å². The van der Waals surface area contributed by atoms with E-state index in [4.69, 9.17) is 0 Å². The van der Waals surface area contributed by atoms with Crippen LogP contribution in [0.1, 0.15) is 19.4 Å². The molecule has 0 aromatic carbocycles. The summed E-state index contributed by atoms with van der Waals surface area (Å²) in [5.74, 6) is -0.267. The standard InChI is InChI=1S/C10H12N2O2/c1-7-4-5-11-10(6-7)12(8(2)13)9(3)14/h4-6H,1-3H3. The normalized spacial score (nSPS) is 9.64. The van der Waals surface area contributed by atoms with Crippen LogP contribution in [0.2, 0.25) is 0 Å². The SMILES string of the molecule is CC(=O)N(C(C)=O)c1cc(C)ccn1. The van der Waals surface area contributed by atoms with E-state index in [1.165, 1.54) is 13.8 Å². The third-order valence-corrected chi connectivity index (χ3v) is 1.76. The third kappa shape index (κ3) is 2.16. The molecule has 0 N–H and O–H groups in total. The number of nitrogens with zero attached hydrogens (tertiary/aromatic N) is 2. The summed E-state index contributed by atoms with van der Waals surface area (Å²) in [6.45, 7) is 4.56. The molecule has 2 amide bonds. The predicted molar refractivity (Wildman–Crippen MR) is 52.8 cm³/mol. The van der Waals surface area contributed by atoms with Gasteiger partial charge in [-0.1, -0.05) is 0 Å². The monoisotopic (exact) mass is 192 g/mol. The molecule has 0 fully saturated rings. The number of anilines is 1. The Balaban J connectivity index is 3.12. The number of aromatic nitrogens is 1. The van der Waals surface area contributed by atoms with Gasteiger partial charge in [-0.2, -0.15) is 0 Å². The fraction of sp³-hybridized carbons (Fsp3) is 0.300. The zero-order valence-corrected chi connectivity index (χ0v) is 8.44. The van der Waals surface area contributed by atoms with Crippen LogP contribution in [0, 0.1) is 6.92 Å². The lowest BCUT2D eigenvalue weighted by Crippen LogP contribution is -2.33. The summed E-state index contributed by atoms with van der Waals surface area (Å²) in [5, 5.41) is 0. The predicted octanol–water partition coefficient (Wildman–Crippen LogP) is 1.29. The summed E-state index contributed by atoms with van der Waals surface area (Å²) >= 11 is 0. The fourth-order valence-corrected chi connectivity index (χ4v) is 1.19. The van der Waals surface area contributed by atoms with Gasteiger partial charge < -0.3 is 0 Å². The third-order valence-electron chi connectivity index (χ3n) is 1.76. The van der Waals surface area contributed by atoms with Crippen LogP contribution in [-0.2, 0) is 9.59 Å². The van der Waals surface area contributed by atoms with Crippen LogP contribution in [0.5, 0.6) is 0 Å². The van der Waals surface area contributed by atoms with Crippen molar-refractivity contribution in [2.24, 2.45) is 0 Å². The first-order chi connectivity index (χ1) is 6.52. The number of pyridine rings is 1. The topological polar surface area (TPSA) is 50.3 Å². The number of hydrogen-bond acceptors (Lipinski definition) is 3. The molecule has 0 aliphatic carbocycles. The summed E-state index contributed by atoms with van der Waals surface area (Å²) in [6.07, 6.45) is 1.57. The first-order valence-corrected chi connectivity index (χ1v) is 4.26. The Kier molecular flexibility index (Phi) is 2.96. The Bertz CT molecular complexity index is 360. The molecule has 0 unspecified atom stereocenters. The average Bonchev–Trinajstić information content (AvgIpc) is 2.02. The van der Waals surface area contributed by atoms with Gasteiger partial charge in [0.15, 0.2) is 0 Å². The second kappa shape index (κ2) is 4.00. The van der Waals surface area contributed by atoms with Crippen LogP contribution in [0.15, 0.2) is 18.3 Å².